The van der Waals surface area contributed by atoms with Crippen LogP contribution in [0.25, 0.3) is 44.6 Å². The predicted molar refractivity (Wildman–Crippen MR) is 141 cm³/mol. The minimum Gasteiger partial charge on any atom is -0.496 e. The highest BCUT2D eigenvalue weighted by Crippen LogP contribution is 2.45. The normalized spacial score (nSPS) is 11.3. The third kappa shape index (κ3) is 3.26. The highest BCUT2D eigenvalue weighted by Gasteiger charge is 2.28. The standard InChI is InChI=1S/C30H28N4O2/c1-31-19-33(23-13-7-5-11-21(23)31)25-15-9-17-27(35-3)29(25)30-26(16-10-18-28(30)36-4)34-20-32(2)22-12-6-8-14-24(22)34/h5-20H,1-4H3/q+2. The lowest BCUT2D eigenvalue weighted by molar-refractivity contribution is -0.645. The summed E-state index contributed by atoms with van der Waals surface area (Å²) in [6.07, 6.45) is 4.23. The zero-order chi connectivity index (χ0) is 24.8. The first-order valence-electron chi connectivity index (χ1n) is 11.9. The predicted octanol–water partition coefficient (Wildman–Crippen LogP) is 4.91. The van der Waals surface area contributed by atoms with E-state index in [1.54, 1.807) is 14.2 Å². The maximum absolute atomic E-state index is 5.97. The second-order valence-electron chi connectivity index (χ2n) is 8.88. The Kier molecular flexibility index (Phi) is 5.22. The van der Waals surface area contributed by atoms with Gasteiger partial charge in [0.15, 0.2) is 22.1 Å². The van der Waals surface area contributed by atoms with Crippen molar-refractivity contribution in [2.45, 2.75) is 0 Å². The molecule has 6 aromatic rings. The summed E-state index contributed by atoms with van der Waals surface area (Å²) < 4.78 is 20.7. The van der Waals surface area contributed by atoms with Crippen LogP contribution >= 0.6 is 0 Å². The summed E-state index contributed by atoms with van der Waals surface area (Å²) in [6, 6.07) is 29.2. The third-order valence-corrected chi connectivity index (χ3v) is 6.84. The van der Waals surface area contributed by atoms with E-state index in [9.17, 15) is 0 Å². The van der Waals surface area contributed by atoms with Crippen molar-refractivity contribution in [1.29, 1.82) is 0 Å². The molecular formula is C30H28N4O2+2. The lowest BCUT2D eigenvalue weighted by atomic mass is 9.98. The molecule has 178 valence electrons. The van der Waals surface area contributed by atoms with Gasteiger partial charge in [0.25, 0.3) is 0 Å². The Labute approximate surface area is 209 Å². The van der Waals surface area contributed by atoms with Gasteiger partial charge in [-0.3, -0.25) is 0 Å². The number of imidazole rings is 2. The van der Waals surface area contributed by atoms with Crippen molar-refractivity contribution in [2.75, 3.05) is 14.2 Å². The Morgan fingerprint density at radius 2 is 0.944 bits per heavy atom. The molecule has 0 spiro atoms. The maximum Gasteiger partial charge on any atom is 0.249 e. The van der Waals surface area contributed by atoms with Crippen LogP contribution < -0.4 is 18.6 Å². The fourth-order valence-corrected chi connectivity index (χ4v) is 5.19. The molecule has 0 fully saturated rings. The number of hydrogen-bond donors (Lipinski definition) is 0. The fraction of sp³-hybridized carbons (Fsp3) is 0.133. The maximum atomic E-state index is 5.97. The number of rotatable bonds is 5. The van der Waals surface area contributed by atoms with Gasteiger partial charge in [0.1, 0.15) is 22.9 Å². The van der Waals surface area contributed by atoms with Crippen LogP contribution in [0.3, 0.4) is 0 Å². The van der Waals surface area contributed by atoms with E-state index in [-0.39, 0.29) is 0 Å². The number of ether oxygens (including phenoxy) is 2. The van der Waals surface area contributed by atoms with Crippen LogP contribution in [-0.4, -0.2) is 23.4 Å². The van der Waals surface area contributed by atoms with Crippen molar-refractivity contribution in [1.82, 2.24) is 9.13 Å². The molecule has 0 bridgehead atoms. The molecule has 0 amide bonds. The van der Waals surface area contributed by atoms with Crippen LogP contribution in [-0.2, 0) is 14.1 Å². The molecule has 0 aliphatic carbocycles. The lowest BCUT2D eigenvalue weighted by Gasteiger charge is -2.17. The number of nitrogens with zero attached hydrogens (tertiary/aromatic N) is 4. The number of benzene rings is 4. The van der Waals surface area contributed by atoms with Crippen LogP contribution in [0.2, 0.25) is 0 Å². The number of para-hydroxylation sites is 4. The van der Waals surface area contributed by atoms with Gasteiger partial charge in [0, 0.05) is 0 Å². The summed E-state index contributed by atoms with van der Waals surface area (Å²) in [7, 11) is 7.57. The Morgan fingerprint density at radius 3 is 1.36 bits per heavy atom. The first kappa shape index (κ1) is 21.9. The molecule has 0 saturated heterocycles. The molecule has 0 unspecified atom stereocenters. The zero-order valence-corrected chi connectivity index (χ0v) is 20.8. The average molecular weight is 477 g/mol. The van der Waals surface area contributed by atoms with E-state index in [4.69, 9.17) is 9.47 Å². The minimum absolute atomic E-state index is 0.777. The number of aromatic nitrogens is 4. The first-order chi connectivity index (χ1) is 17.6. The van der Waals surface area contributed by atoms with Gasteiger partial charge in [0.05, 0.1) is 39.4 Å². The molecule has 0 aliphatic rings. The Bertz CT molecular complexity index is 1620. The monoisotopic (exact) mass is 476 g/mol. The quantitative estimate of drug-likeness (QED) is 0.332. The molecule has 0 aliphatic heterocycles. The van der Waals surface area contributed by atoms with Crippen molar-refractivity contribution in [3.8, 4) is 34.0 Å². The van der Waals surface area contributed by atoms with Gasteiger partial charge in [-0.25, -0.2) is 9.13 Å². The van der Waals surface area contributed by atoms with E-state index < -0.39 is 0 Å². The molecule has 0 radical (unpaired) electrons. The van der Waals surface area contributed by atoms with E-state index >= 15 is 0 Å². The van der Waals surface area contributed by atoms with Gasteiger partial charge in [0.2, 0.25) is 12.7 Å². The van der Waals surface area contributed by atoms with Crippen LogP contribution in [0.5, 0.6) is 11.5 Å². The molecule has 4 aromatic carbocycles. The molecule has 0 saturated carbocycles. The van der Waals surface area contributed by atoms with Crippen molar-refractivity contribution in [3.05, 3.63) is 97.6 Å². The van der Waals surface area contributed by atoms with Crippen LogP contribution in [0.15, 0.2) is 97.6 Å². The van der Waals surface area contributed by atoms with Crippen LogP contribution in [0.4, 0.5) is 0 Å². The van der Waals surface area contributed by atoms with Gasteiger partial charge in [-0.05, 0) is 48.5 Å². The van der Waals surface area contributed by atoms with E-state index in [0.717, 1.165) is 56.1 Å². The van der Waals surface area contributed by atoms with Crippen molar-refractivity contribution >= 4 is 22.1 Å². The summed E-state index contributed by atoms with van der Waals surface area (Å²) in [5, 5.41) is 0. The van der Waals surface area contributed by atoms with Gasteiger partial charge in [-0.1, -0.05) is 36.4 Å². The molecule has 2 heterocycles. The van der Waals surface area contributed by atoms with Crippen molar-refractivity contribution in [3.63, 3.8) is 0 Å². The number of fused-ring (bicyclic) bond motifs is 2. The second-order valence-corrected chi connectivity index (χ2v) is 8.88. The minimum atomic E-state index is 0.777. The highest BCUT2D eigenvalue weighted by molar-refractivity contribution is 5.91. The summed E-state index contributed by atoms with van der Waals surface area (Å²) in [5.41, 5.74) is 8.48. The molecule has 6 rings (SSSR count). The van der Waals surface area contributed by atoms with E-state index in [0.29, 0.717) is 0 Å². The second kappa shape index (κ2) is 8.57. The summed E-state index contributed by atoms with van der Waals surface area (Å²) in [6.45, 7) is 0. The largest absolute Gasteiger partial charge is 0.496 e. The molecule has 0 atom stereocenters. The van der Waals surface area contributed by atoms with E-state index in [1.165, 1.54) is 0 Å². The third-order valence-electron chi connectivity index (χ3n) is 6.84. The number of aryl methyl sites for hydroxylation is 2. The average Bonchev–Trinajstić information content (AvgIpc) is 3.44. The van der Waals surface area contributed by atoms with Gasteiger partial charge >= 0.3 is 0 Å². The molecule has 6 heteroatoms. The SMILES string of the molecule is COc1cccc(-n2c[n+](C)c3ccccc32)c1-c1c(OC)cccc1-n1c[n+](C)c2ccccc21. The van der Waals surface area contributed by atoms with E-state index in [1.807, 2.05) is 24.3 Å². The van der Waals surface area contributed by atoms with E-state index in [2.05, 4.69) is 106 Å². The Morgan fingerprint density at radius 1 is 0.528 bits per heavy atom. The zero-order valence-electron chi connectivity index (χ0n) is 20.8. The van der Waals surface area contributed by atoms with Crippen LogP contribution in [0, 0.1) is 0 Å². The van der Waals surface area contributed by atoms with Crippen molar-refractivity contribution < 1.29 is 18.6 Å². The molecule has 36 heavy (non-hydrogen) atoms. The molecule has 2 aromatic heterocycles. The van der Waals surface area contributed by atoms with Gasteiger partial charge in [-0.15, -0.1) is 0 Å². The fourth-order valence-electron chi connectivity index (χ4n) is 5.19. The Balaban J connectivity index is 1.73. The summed E-state index contributed by atoms with van der Waals surface area (Å²) in [4.78, 5) is 0. The highest BCUT2D eigenvalue weighted by atomic mass is 16.5. The molecule has 0 N–H and O–H groups in total. The number of methoxy groups -OCH3 is 2. The molecule has 6 nitrogen and oxygen atoms in total. The molecular weight excluding hydrogens is 448 g/mol. The Hall–Kier alpha value is -4.58. The lowest BCUT2D eigenvalue weighted by Crippen LogP contribution is -2.25. The summed E-state index contributed by atoms with van der Waals surface area (Å²) >= 11 is 0. The van der Waals surface area contributed by atoms with Crippen molar-refractivity contribution in [2.24, 2.45) is 14.1 Å². The first-order valence-corrected chi connectivity index (χ1v) is 11.9. The summed E-state index contributed by atoms with van der Waals surface area (Å²) in [5.74, 6) is 1.55. The van der Waals surface area contributed by atoms with Crippen LogP contribution in [0.1, 0.15) is 0 Å². The number of hydrogen-bond acceptors (Lipinski definition) is 2. The topological polar surface area (TPSA) is 36.1 Å². The smallest absolute Gasteiger partial charge is 0.249 e. The van der Waals surface area contributed by atoms with Gasteiger partial charge < -0.3 is 9.47 Å². The van der Waals surface area contributed by atoms with Gasteiger partial charge in [-0.2, -0.15) is 9.13 Å².